The molecule has 0 bridgehead atoms. The monoisotopic (exact) mass is 266 g/mol. The summed E-state index contributed by atoms with van der Waals surface area (Å²) in [6, 6.07) is 1.94. The minimum absolute atomic E-state index is 0.976. The summed E-state index contributed by atoms with van der Waals surface area (Å²) in [5.74, 6) is 0. The van der Waals surface area contributed by atoms with Gasteiger partial charge in [-0.3, -0.25) is 4.84 Å². The quantitative estimate of drug-likeness (QED) is 0.704. The summed E-state index contributed by atoms with van der Waals surface area (Å²) < 4.78 is 3.56. The molecule has 2 nitrogen and oxygen atoms in total. The van der Waals surface area contributed by atoms with Crippen LogP contribution in [0.25, 0.3) is 0 Å². The van der Waals surface area contributed by atoms with E-state index in [1.807, 2.05) is 18.5 Å². The zero-order chi connectivity index (χ0) is 7.56. The van der Waals surface area contributed by atoms with Crippen molar-refractivity contribution >= 4 is 31.9 Å². The number of rotatable bonds is 1. The lowest BCUT2D eigenvalue weighted by Gasteiger charge is -1.91. The predicted molar refractivity (Wildman–Crippen MR) is 44.5 cm³/mol. The Balaban J connectivity index is 3.06. The Morgan fingerprint density at radius 3 is 2.20 bits per heavy atom. The molecule has 1 rings (SSSR count). The second-order valence-corrected chi connectivity index (χ2v) is 3.55. The number of aromatic nitrogens is 1. The van der Waals surface area contributed by atoms with E-state index in [0.717, 1.165) is 8.95 Å². The first kappa shape index (κ1) is 8.01. The number of hydrogen-bond acceptors (Lipinski definition) is 1. The Hall–Kier alpha value is -0.0900. The molecule has 0 N–H and O–H groups in total. The topological polar surface area (TPSA) is 13.1 Å². The van der Waals surface area contributed by atoms with Gasteiger partial charge in [0.1, 0.15) is 7.11 Å². The second kappa shape index (κ2) is 3.34. The van der Waals surface area contributed by atoms with Gasteiger partial charge < -0.3 is 0 Å². The van der Waals surface area contributed by atoms with E-state index in [4.69, 9.17) is 4.84 Å². The summed E-state index contributed by atoms with van der Waals surface area (Å²) in [5.41, 5.74) is 0. The molecule has 0 radical (unpaired) electrons. The molecule has 54 valence electrons. The molecule has 0 unspecified atom stereocenters. The van der Waals surface area contributed by atoms with Crippen LogP contribution in [0.2, 0.25) is 0 Å². The average Bonchev–Trinajstić information content (AvgIpc) is 1.85. The van der Waals surface area contributed by atoms with Crippen LogP contribution in [-0.4, -0.2) is 7.11 Å². The first-order chi connectivity index (χ1) is 4.72. The van der Waals surface area contributed by atoms with Crippen molar-refractivity contribution in [2.45, 2.75) is 0 Å². The van der Waals surface area contributed by atoms with Crippen LogP contribution < -0.4 is 9.57 Å². The maximum atomic E-state index is 4.93. The molecule has 1 heterocycles. The third kappa shape index (κ3) is 1.95. The first-order valence-electron chi connectivity index (χ1n) is 2.64. The molecule has 0 atom stereocenters. The minimum atomic E-state index is 0.976. The van der Waals surface area contributed by atoms with Gasteiger partial charge in [0.25, 0.3) is 0 Å². The van der Waals surface area contributed by atoms with Gasteiger partial charge in [0, 0.05) is 4.73 Å². The van der Waals surface area contributed by atoms with E-state index in [1.54, 1.807) is 11.8 Å². The van der Waals surface area contributed by atoms with Gasteiger partial charge in [-0.15, -0.1) is 0 Å². The maximum absolute atomic E-state index is 4.93. The highest BCUT2D eigenvalue weighted by Gasteiger charge is 2.02. The Kier molecular flexibility index (Phi) is 2.68. The lowest BCUT2D eigenvalue weighted by Crippen LogP contribution is -2.39. The van der Waals surface area contributed by atoms with Gasteiger partial charge >= 0.3 is 0 Å². The van der Waals surface area contributed by atoms with E-state index >= 15 is 0 Å². The van der Waals surface area contributed by atoms with Crippen LogP contribution in [0, 0.1) is 0 Å². The third-order valence-corrected chi connectivity index (χ3v) is 1.86. The zero-order valence-electron chi connectivity index (χ0n) is 5.34. The third-order valence-electron chi connectivity index (χ3n) is 0.988. The number of nitrogens with zero attached hydrogens (tertiary/aromatic N) is 1. The Bertz CT molecular complexity index is 219. The largest absolute Gasteiger partial charge is 0.275 e. The zero-order valence-corrected chi connectivity index (χ0v) is 8.52. The summed E-state index contributed by atoms with van der Waals surface area (Å²) >= 11 is 6.65. The molecule has 0 saturated carbocycles. The van der Waals surface area contributed by atoms with Crippen LogP contribution in [-0.2, 0) is 0 Å². The predicted octanol–water partition coefficient (Wildman–Crippen LogP) is 1.56. The van der Waals surface area contributed by atoms with Crippen molar-refractivity contribution < 1.29 is 9.57 Å². The lowest BCUT2D eigenvalue weighted by atomic mass is 10.5. The fraction of sp³-hybridized carbons (Fsp3) is 0.167. The van der Waals surface area contributed by atoms with Crippen LogP contribution in [0.4, 0.5) is 0 Å². The average molecular weight is 268 g/mol. The summed E-state index contributed by atoms with van der Waals surface area (Å²) in [6.45, 7) is 0. The van der Waals surface area contributed by atoms with Crippen molar-refractivity contribution in [2.75, 3.05) is 7.11 Å². The molecule has 0 saturated heterocycles. The minimum Gasteiger partial charge on any atom is -0.275 e. The van der Waals surface area contributed by atoms with Gasteiger partial charge in [0.15, 0.2) is 0 Å². The van der Waals surface area contributed by atoms with Crippen molar-refractivity contribution in [1.29, 1.82) is 0 Å². The summed E-state index contributed by atoms with van der Waals surface area (Å²) in [7, 11) is 1.61. The summed E-state index contributed by atoms with van der Waals surface area (Å²) in [5, 5.41) is 0. The molecular formula is C6H6Br2NO+. The lowest BCUT2D eigenvalue weighted by molar-refractivity contribution is -0.886. The van der Waals surface area contributed by atoms with Crippen LogP contribution >= 0.6 is 31.9 Å². The fourth-order valence-electron chi connectivity index (χ4n) is 0.592. The molecule has 1 aromatic heterocycles. The van der Waals surface area contributed by atoms with Gasteiger partial charge in [-0.1, -0.05) is 0 Å². The molecule has 0 aliphatic rings. The van der Waals surface area contributed by atoms with E-state index in [9.17, 15) is 0 Å². The molecular weight excluding hydrogens is 262 g/mol. The highest BCUT2D eigenvalue weighted by atomic mass is 79.9. The van der Waals surface area contributed by atoms with Crippen LogP contribution in [0.1, 0.15) is 0 Å². The van der Waals surface area contributed by atoms with Crippen LogP contribution in [0.15, 0.2) is 27.4 Å². The molecule has 0 spiro atoms. The van der Waals surface area contributed by atoms with Gasteiger partial charge in [-0.2, -0.15) is 0 Å². The Morgan fingerprint density at radius 1 is 1.30 bits per heavy atom. The number of halogens is 2. The summed E-state index contributed by atoms with van der Waals surface area (Å²) in [4.78, 5) is 4.93. The maximum Gasteiger partial charge on any atom is 0.236 e. The molecule has 0 amide bonds. The molecule has 4 heteroatoms. The molecule has 10 heavy (non-hydrogen) atoms. The highest BCUT2D eigenvalue weighted by molar-refractivity contribution is 9.11. The number of pyridine rings is 1. The van der Waals surface area contributed by atoms with Crippen LogP contribution in [0.5, 0.6) is 0 Å². The first-order valence-corrected chi connectivity index (χ1v) is 4.23. The molecule has 0 aliphatic heterocycles. The van der Waals surface area contributed by atoms with Crippen LogP contribution in [0.3, 0.4) is 0 Å². The van der Waals surface area contributed by atoms with Crippen molar-refractivity contribution in [2.24, 2.45) is 0 Å². The Morgan fingerprint density at radius 2 is 1.80 bits per heavy atom. The van der Waals surface area contributed by atoms with Crippen molar-refractivity contribution in [3.63, 3.8) is 0 Å². The van der Waals surface area contributed by atoms with Gasteiger partial charge in [-0.25, -0.2) is 0 Å². The molecule has 0 aromatic carbocycles. The van der Waals surface area contributed by atoms with Gasteiger partial charge in [0.2, 0.25) is 12.4 Å². The molecule has 0 aliphatic carbocycles. The van der Waals surface area contributed by atoms with Gasteiger partial charge in [-0.05, 0) is 37.9 Å². The molecule has 1 aromatic rings. The normalized spacial score (nSPS) is 9.50. The van der Waals surface area contributed by atoms with Gasteiger partial charge in [0.05, 0.1) is 8.95 Å². The smallest absolute Gasteiger partial charge is 0.236 e. The van der Waals surface area contributed by atoms with E-state index in [1.165, 1.54) is 0 Å². The SMILES string of the molecule is CO[n+]1cc(Br)cc(Br)c1. The number of hydrogen-bond donors (Lipinski definition) is 0. The van der Waals surface area contributed by atoms with E-state index in [0.29, 0.717) is 0 Å². The summed E-state index contributed by atoms with van der Waals surface area (Å²) in [6.07, 6.45) is 3.65. The van der Waals surface area contributed by atoms with Crippen molar-refractivity contribution in [3.8, 4) is 0 Å². The highest BCUT2D eigenvalue weighted by Crippen LogP contribution is 2.12. The second-order valence-electron chi connectivity index (χ2n) is 1.71. The fourth-order valence-corrected chi connectivity index (χ4v) is 1.80. The van der Waals surface area contributed by atoms with E-state index in [2.05, 4.69) is 31.9 Å². The van der Waals surface area contributed by atoms with E-state index in [-0.39, 0.29) is 0 Å². The van der Waals surface area contributed by atoms with E-state index < -0.39 is 0 Å². The van der Waals surface area contributed by atoms with Crippen molar-refractivity contribution in [3.05, 3.63) is 27.4 Å². The molecule has 0 fully saturated rings. The van der Waals surface area contributed by atoms with Crippen molar-refractivity contribution in [1.82, 2.24) is 0 Å². The Labute approximate surface area is 76.0 Å². The standard InChI is InChI=1S/C6H6Br2NO/c1-10-9-3-5(7)2-6(8)4-9/h2-4H,1H3/q+1.